The number of hydrogen-bond acceptors (Lipinski definition) is 18. The maximum atomic E-state index is 14.9. The van der Waals surface area contributed by atoms with E-state index in [9.17, 15) is 29.4 Å². The van der Waals surface area contributed by atoms with E-state index in [1.54, 1.807) is 69.1 Å². The largest absolute Gasteiger partial charge is 0.447 e. The fourth-order valence-corrected chi connectivity index (χ4v) is 12.1. The van der Waals surface area contributed by atoms with Gasteiger partial charge in [-0.3, -0.25) is 24.0 Å². The number of imidazole rings is 1. The molecule has 3 saturated heterocycles. The third-order valence-corrected chi connectivity index (χ3v) is 17.5. The van der Waals surface area contributed by atoms with Crippen molar-refractivity contribution in [1.29, 1.82) is 0 Å². The summed E-state index contributed by atoms with van der Waals surface area (Å²) in [6.07, 6.45) is 9.35. The van der Waals surface area contributed by atoms with Crippen LogP contribution in [0.5, 0.6) is 0 Å². The number of likely N-dealkylation sites (N-methyl/N-ethyl adjacent to an activating group) is 1. The summed E-state index contributed by atoms with van der Waals surface area (Å²) in [5.74, 6) is -5.31. The number of rotatable bonds is 18. The first kappa shape index (κ1) is 58.6. The molecule has 0 bridgehead atoms. The van der Waals surface area contributed by atoms with Crippen LogP contribution < -0.4 is 0 Å². The fraction of sp³-hybridized carbons (Fsp3) is 0.600. The smallest absolute Gasteiger partial charge is 0.410 e. The number of unbranched alkanes of at least 4 members (excludes halogenated alkanes) is 1. The van der Waals surface area contributed by atoms with Crippen molar-refractivity contribution in [2.24, 2.45) is 23.7 Å². The van der Waals surface area contributed by atoms with Crippen molar-refractivity contribution in [2.75, 3.05) is 27.2 Å². The lowest BCUT2D eigenvalue weighted by Gasteiger charge is -2.47. The first-order chi connectivity index (χ1) is 37.2. The number of amides is 1. The minimum atomic E-state index is -1.46. The van der Waals surface area contributed by atoms with Gasteiger partial charge in [-0.05, 0) is 119 Å². The van der Waals surface area contributed by atoms with Gasteiger partial charge in [-0.25, -0.2) is 14.5 Å². The second-order valence-electron chi connectivity index (χ2n) is 21.7. The number of ketones is 2. The fourth-order valence-electron chi connectivity index (χ4n) is 11.3. The summed E-state index contributed by atoms with van der Waals surface area (Å²) in [6.45, 7) is 13.9. The number of carbonyl (C=O) groups is 4. The molecule has 0 radical (unpaired) electrons. The molecule has 0 aliphatic carbocycles. The van der Waals surface area contributed by atoms with E-state index in [2.05, 4.69) is 30.6 Å². The van der Waals surface area contributed by atoms with Crippen LogP contribution in [0.15, 0.2) is 73.7 Å². The number of benzene rings is 1. The van der Waals surface area contributed by atoms with Crippen LogP contribution in [0.4, 0.5) is 4.79 Å². The van der Waals surface area contributed by atoms with Gasteiger partial charge in [0.2, 0.25) is 0 Å². The number of ether oxygens (including phenoxy) is 5. The minimum Gasteiger partial charge on any atom is -0.447 e. The van der Waals surface area contributed by atoms with E-state index in [1.807, 2.05) is 99.5 Å². The van der Waals surface area contributed by atoms with E-state index in [1.165, 1.54) is 14.0 Å². The van der Waals surface area contributed by atoms with Gasteiger partial charge in [-0.15, -0.1) is 10.2 Å². The number of esters is 1. The molecule has 0 saturated carbocycles. The predicted octanol–water partition coefficient (Wildman–Crippen LogP) is 5.43. The number of cyclic esters (lactones) is 1. The number of aliphatic hydroxyl groups excluding tert-OH is 2. The number of carbonyl (C=O) groups excluding carboxylic acids is 4. The summed E-state index contributed by atoms with van der Waals surface area (Å²) < 4.78 is 36.0. The van der Waals surface area contributed by atoms with Crippen LogP contribution in [0.1, 0.15) is 91.1 Å². The Labute approximate surface area is 468 Å². The highest BCUT2D eigenvalue weighted by Crippen LogP contribution is 2.44. The molecule has 3 aliphatic rings. The number of halogens is 1. The molecule has 4 aromatic heterocycles. The highest BCUT2D eigenvalue weighted by molar-refractivity contribution is 14.1. The van der Waals surface area contributed by atoms with E-state index >= 15 is 0 Å². The summed E-state index contributed by atoms with van der Waals surface area (Å²) in [4.78, 5) is 69.9. The summed E-state index contributed by atoms with van der Waals surface area (Å²) in [7, 11) is 3.41. The zero-order chi connectivity index (χ0) is 56.1. The topological polar surface area (TPSA) is 253 Å². The number of pyridine rings is 1. The lowest BCUT2D eigenvalue weighted by Crippen LogP contribution is -2.60. The number of methoxy groups -OCH3 is 1. The van der Waals surface area contributed by atoms with E-state index < -0.39 is 87.4 Å². The Kier molecular flexibility index (Phi) is 19.0. The minimum absolute atomic E-state index is 0.0805. The van der Waals surface area contributed by atoms with Gasteiger partial charge in [-0.2, -0.15) is 0 Å². The number of aryl methyl sites for hydroxylation is 3. The molecule has 422 valence electrons. The van der Waals surface area contributed by atoms with Crippen LogP contribution in [0.3, 0.4) is 0 Å². The van der Waals surface area contributed by atoms with Crippen molar-refractivity contribution < 1.29 is 53.1 Å². The highest BCUT2D eigenvalue weighted by Gasteiger charge is 2.60. The molecule has 78 heavy (non-hydrogen) atoms. The Hall–Kier alpha value is -5.57. The molecule has 3 aliphatic heterocycles. The summed E-state index contributed by atoms with van der Waals surface area (Å²) >= 11 is 1.93. The second kappa shape index (κ2) is 25.3. The average Bonchev–Trinajstić information content (AvgIpc) is 4.41. The molecule has 2 N–H and O–H groups in total. The Morgan fingerprint density at radius 3 is 2.35 bits per heavy atom. The Morgan fingerprint density at radius 2 is 1.64 bits per heavy atom. The van der Waals surface area contributed by atoms with Gasteiger partial charge in [0.25, 0.3) is 0 Å². The molecule has 1 amide bonds. The first-order valence-corrected chi connectivity index (χ1v) is 28.1. The lowest BCUT2D eigenvalue weighted by atomic mass is 9.74. The number of aliphatic hydroxyl groups is 2. The van der Waals surface area contributed by atoms with Gasteiger partial charge in [0, 0.05) is 93.9 Å². The van der Waals surface area contributed by atoms with Gasteiger partial charge in [0.1, 0.15) is 23.5 Å². The molecule has 0 spiro atoms. The lowest BCUT2D eigenvalue weighted by molar-refractivity contribution is -0.296. The van der Waals surface area contributed by atoms with Gasteiger partial charge in [0.05, 0.1) is 60.1 Å². The van der Waals surface area contributed by atoms with Crippen molar-refractivity contribution in [3.05, 3.63) is 90.7 Å². The quantitative estimate of drug-likeness (QED) is 0.0365. The standard InChI is InChI=1S/C55H74IN11O11/c1-33-26-54(6,74-9)49(76-51-47(71)44(25-34(2)75-51)63(8)23-19-40-28-65(61-59-40)24-18-38-14-16-42(17-15-38)67-29-41(31-68)60-62-67)36(4)46(70)37(5)50(72)77-52(56)55(7)48(35(3)45(33)69)66(53(73)78-55)22-11-10-21-64-30-43(58-32-64)39-13-12-20-57-27-39/h12-17,20,27-30,32-37,44,47-49,51-52,68,71H,10-11,18-19,21-26,31H2,1-9H3/t33-,34-,35+,36+,37-,44+,47-,48+,49-,51+,52+,54-,55+/m1/s1. The van der Waals surface area contributed by atoms with Crippen molar-refractivity contribution in [2.45, 2.75) is 159 Å². The number of fused-ring (bicyclic) bond motifs is 1. The van der Waals surface area contributed by atoms with E-state index in [0.29, 0.717) is 51.0 Å². The summed E-state index contributed by atoms with van der Waals surface area (Å²) in [5.41, 5.74) is 2.12. The van der Waals surface area contributed by atoms with Crippen molar-refractivity contribution in [3.8, 4) is 16.9 Å². The highest BCUT2D eigenvalue weighted by atomic mass is 127. The zero-order valence-electron chi connectivity index (χ0n) is 45.9. The van der Waals surface area contributed by atoms with Crippen LogP contribution in [-0.2, 0) is 70.6 Å². The number of aromatic nitrogens is 9. The van der Waals surface area contributed by atoms with Gasteiger partial charge < -0.3 is 48.3 Å². The number of hydrogen-bond donors (Lipinski definition) is 2. The Morgan fingerprint density at radius 1 is 0.897 bits per heavy atom. The molecule has 8 rings (SSSR count). The Balaban J connectivity index is 0.931. The van der Waals surface area contributed by atoms with Gasteiger partial charge >= 0.3 is 12.1 Å². The third kappa shape index (κ3) is 13.0. The van der Waals surface area contributed by atoms with Crippen LogP contribution in [0, 0.1) is 23.7 Å². The molecule has 0 unspecified atom stereocenters. The van der Waals surface area contributed by atoms with Crippen LogP contribution >= 0.6 is 22.6 Å². The van der Waals surface area contributed by atoms with Crippen LogP contribution in [-0.4, -0.2) is 167 Å². The summed E-state index contributed by atoms with van der Waals surface area (Å²) in [5, 5.41) is 38.2. The maximum absolute atomic E-state index is 14.9. The molecule has 5 aromatic rings. The van der Waals surface area contributed by atoms with E-state index in [0.717, 1.165) is 34.6 Å². The Bertz CT molecular complexity index is 2830. The zero-order valence-corrected chi connectivity index (χ0v) is 48.1. The molecular formula is C55H74IN11O11. The van der Waals surface area contributed by atoms with Crippen LogP contribution in [0.2, 0.25) is 0 Å². The van der Waals surface area contributed by atoms with Crippen molar-refractivity contribution >= 4 is 46.2 Å². The molecular weight excluding hydrogens is 1120 g/mol. The van der Waals surface area contributed by atoms with Crippen molar-refractivity contribution in [3.63, 3.8) is 0 Å². The molecule has 3 fully saturated rings. The van der Waals surface area contributed by atoms with Gasteiger partial charge in [-0.1, -0.05) is 43.3 Å². The number of Topliss-reactive ketones (excluding diaryl/α,β-unsaturated/α-hetero) is 2. The maximum Gasteiger partial charge on any atom is 0.410 e. The molecule has 23 heteroatoms. The first-order valence-electron chi connectivity index (χ1n) is 26.8. The predicted molar refractivity (Wildman–Crippen MR) is 292 cm³/mol. The average molecular weight is 1190 g/mol. The summed E-state index contributed by atoms with van der Waals surface area (Å²) in [6, 6.07) is 10.5. The molecule has 22 nitrogen and oxygen atoms in total. The molecule has 13 atom stereocenters. The van der Waals surface area contributed by atoms with E-state index in [4.69, 9.17) is 23.7 Å². The molecule has 1 aromatic carbocycles. The third-order valence-electron chi connectivity index (χ3n) is 16.0. The normalized spacial score (nSPS) is 30.3. The van der Waals surface area contributed by atoms with E-state index in [-0.39, 0.29) is 31.5 Å². The second-order valence-corrected chi connectivity index (χ2v) is 22.8. The SMILES string of the molecule is CO[C@]1(C)C[C@@H](C)C(=O)[C@H](C)[C@@H]2N(CCCCn3cnc(-c4cccnc4)c3)C(=O)O[C@]2(C)[C@@H](I)OC(=O)[C@H](C)C(=O)[C@H](C)[C@H]1O[C@@H]1O[C@H](C)C[C@H](N(C)CCc2cn(CCc3ccc(-n4cc(CO)nn4)cc3)nn2)[C@H]1O. The molecule has 7 heterocycles. The van der Waals surface area contributed by atoms with Crippen LogP contribution in [0.25, 0.3) is 16.9 Å². The monoisotopic (exact) mass is 1190 g/mol. The van der Waals surface area contributed by atoms with Gasteiger partial charge in [0.15, 0.2) is 21.8 Å². The van der Waals surface area contributed by atoms with Crippen molar-refractivity contribution in [1.82, 2.24) is 54.3 Å². The number of alkyl halides is 1. The number of nitrogens with zero attached hydrogens (tertiary/aromatic N) is 11.